The van der Waals surface area contributed by atoms with Crippen LogP contribution in [0.4, 0.5) is 0 Å². The Morgan fingerprint density at radius 1 is 1.20 bits per heavy atom. The van der Waals surface area contributed by atoms with E-state index in [1.807, 2.05) is 6.92 Å². The van der Waals surface area contributed by atoms with Crippen LogP contribution < -0.4 is 10.5 Å². The summed E-state index contributed by atoms with van der Waals surface area (Å²) in [7, 11) is 0. The molecule has 1 saturated carbocycles. The van der Waals surface area contributed by atoms with E-state index >= 15 is 0 Å². The van der Waals surface area contributed by atoms with Gasteiger partial charge in [-0.1, -0.05) is 43.4 Å². The molecule has 2 N–H and O–H groups in total. The van der Waals surface area contributed by atoms with Gasteiger partial charge in [0.25, 0.3) is 0 Å². The lowest BCUT2D eigenvalue weighted by Crippen LogP contribution is -2.22. The van der Waals surface area contributed by atoms with Crippen molar-refractivity contribution < 1.29 is 4.74 Å². The fourth-order valence-electron chi connectivity index (χ4n) is 3.53. The average Bonchev–Trinajstić information content (AvgIpc) is 2.72. The zero-order valence-corrected chi connectivity index (χ0v) is 13.0. The minimum atomic E-state index is 0.453. The van der Waals surface area contributed by atoms with E-state index in [1.54, 1.807) is 0 Å². The summed E-state index contributed by atoms with van der Waals surface area (Å²) in [6.45, 7) is 5.65. The predicted octanol–water partition coefficient (Wildman–Crippen LogP) is 4.41. The number of hydrogen-bond acceptors (Lipinski definition) is 2. The maximum Gasteiger partial charge on any atom is 0.122 e. The second kappa shape index (κ2) is 7.68. The molecule has 20 heavy (non-hydrogen) atoms. The van der Waals surface area contributed by atoms with Gasteiger partial charge in [-0.2, -0.15) is 0 Å². The molecule has 1 aromatic rings. The van der Waals surface area contributed by atoms with E-state index in [0.717, 1.165) is 24.8 Å². The molecule has 0 aliphatic heterocycles. The van der Waals surface area contributed by atoms with E-state index in [-0.39, 0.29) is 0 Å². The van der Waals surface area contributed by atoms with E-state index in [2.05, 4.69) is 25.1 Å². The Morgan fingerprint density at radius 3 is 2.50 bits per heavy atom. The van der Waals surface area contributed by atoms with Crippen molar-refractivity contribution in [3.05, 3.63) is 29.3 Å². The van der Waals surface area contributed by atoms with Crippen molar-refractivity contribution in [3.8, 4) is 5.75 Å². The molecule has 1 aliphatic rings. The van der Waals surface area contributed by atoms with Gasteiger partial charge in [-0.15, -0.1) is 0 Å². The van der Waals surface area contributed by atoms with Crippen molar-refractivity contribution >= 4 is 0 Å². The van der Waals surface area contributed by atoms with Crippen molar-refractivity contribution in [2.24, 2.45) is 11.7 Å². The second-order valence-electron chi connectivity index (χ2n) is 6.07. The lowest BCUT2D eigenvalue weighted by Gasteiger charge is -2.27. The van der Waals surface area contributed by atoms with Gasteiger partial charge in [0.15, 0.2) is 0 Å². The molecular weight excluding hydrogens is 246 g/mol. The Kier molecular flexibility index (Phi) is 5.90. The molecule has 1 aromatic carbocycles. The molecule has 0 heterocycles. The van der Waals surface area contributed by atoms with Crippen LogP contribution in [0, 0.1) is 12.8 Å². The number of aryl methyl sites for hydroxylation is 1. The van der Waals surface area contributed by atoms with Crippen molar-refractivity contribution in [2.75, 3.05) is 13.2 Å². The summed E-state index contributed by atoms with van der Waals surface area (Å²) in [4.78, 5) is 0. The standard InChI is InChI=1S/C18H29NO/c1-3-20-18-11-10-14(2)12-16(18)17(13-19)15-8-6-4-5-7-9-15/h10-12,15,17H,3-9,13,19H2,1-2H3. The monoisotopic (exact) mass is 275 g/mol. The maximum absolute atomic E-state index is 6.15. The molecule has 112 valence electrons. The Morgan fingerprint density at radius 2 is 1.90 bits per heavy atom. The Labute approximate surface area is 123 Å². The van der Waals surface area contributed by atoms with Crippen molar-refractivity contribution in [2.45, 2.75) is 58.3 Å². The molecule has 0 amide bonds. The minimum Gasteiger partial charge on any atom is -0.494 e. The molecule has 0 saturated heterocycles. The minimum absolute atomic E-state index is 0.453. The molecule has 0 spiro atoms. The summed E-state index contributed by atoms with van der Waals surface area (Å²) < 4.78 is 5.84. The zero-order valence-electron chi connectivity index (χ0n) is 13.0. The first kappa shape index (κ1) is 15.4. The Balaban J connectivity index is 2.26. The van der Waals surface area contributed by atoms with E-state index in [1.165, 1.54) is 49.7 Å². The maximum atomic E-state index is 6.15. The fraction of sp³-hybridized carbons (Fsp3) is 0.667. The third-order valence-electron chi connectivity index (χ3n) is 4.59. The lowest BCUT2D eigenvalue weighted by molar-refractivity contribution is 0.320. The normalized spacial score (nSPS) is 18.6. The molecule has 2 heteroatoms. The van der Waals surface area contributed by atoms with Crippen molar-refractivity contribution in [1.29, 1.82) is 0 Å². The van der Waals surface area contributed by atoms with Gasteiger partial charge in [0, 0.05) is 5.92 Å². The SMILES string of the molecule is CCOc1ccc(C)cc1C(CN)C1CCCCCC1. The summed E-state index contributed by atoms with van der Waals surface area (Å²) >= 11 is 0. The Bertz CT molecular complexity index is 408. The molecule has 1 unspecified atom stereocenters. The summed E-state index contributed by atoms with van der Waals surface area (Å²) in [6, 6.07) is 6.54. The zero-order chi connectivity index (χ0) is 14.4. The van der Waals surface area contributed by atoms with Crippen molar-refractivity contribution in [3.63, 3.8) is 0 Å². The molecule has 2 nitrogen and oxygen atoms in total. The average molecular weight is 275 g/mol. The van der Waals surface area contributed by atoms with Crippen LogP contribution in [-0.4, -0.2) is 13.2 Å². The summed E-state index contributed by atoms with van der Waals surface area (Å²) in [5.74, 6) is 2.22. The molecule has 2 rings (SSSR count). The number of nitrogens with two attached hydrogens (primary N) is 1. The third kappa shape index (κ3) is 3.76. The predicted molar refractivity (Wildman–Crippen MR) is 85.3 cm³/mol. The first-order chi connectivity index (χ1) is 9.76. The topological polar surface area (TPSA) is 35.2 Å². The van der Waals surface area contributed by atoms with Crippen LogP contribution in [0.1, 0.15) is 62.5 Å². The highest BCUT2D eigenvalue weighted by atomic mass is 16.5. The van der Waals surface area contributed by atoms with Crippen LogP contribution in [0.15, 0.2) is 18.2 Å². The van der Waals surface area contributed by atoms with E-state index in [0.29, 0.717) is 5.92 Å². The van der Waals surface area contributed by atoms with Crippen LogP contribution in [-0.2, 0) is 0 Å². The van der Waals surface area contributed by atoms with Gasteiger partial charge >= 0.3 is 0 Å². The van der Waals surface area contributed by atoms with Gasteiger partial charge in [-0.25, -0.2) is 0 Å². The van der Waals surface area contributed by atoms with Gasteiger partial charge in [0.05, 0.1) is 6.61 Å². The molecular formula is C18H29NO. The van der Waals surface area contributed by atoms with E-state index in [9.17, 15) is 0 Å². The highest BCUT2D eigenvalue weighted by molar-refractivity contribution is 5.40. The van der Waals surface area contributed by atoms with Crippen LogP contribution in [0.5, 0.6) is 5.75 Å². The molecule has 0 bridgehead atoms. The second-order valence-corrected chi connectivity index (χ2v) is 6.07. The molecule has 1 fully saturated rings. The van der Waals surface area contributed by atoms with Gasteiger partial charge in [-0.3, -0.25) is 0 Å². The molecule has 1 aliphatic carbocycles. The summed E-state index contributed by atoms with van der Waals surface area (Å²) in [5, 5.41) is 0. The largest absolute Gasteiger partial charge is 0.494 e. The molecule has 0 aromatic heterocycles. The molecule has 1 atom stereocenters. The number of rotatable bonds is 5. The first-order valence-electron chi connectivity index (χ1n) is 8.19. The highest BCUT2D eigenvalue weighted by Crippen LogP contribution is 2.38. The smallest absolute Gasteiger partial charge is 0.122 e. The molecule has 0 radical (unpaired) electrons. The van der Waals surface area contributed by atoms with Crippen LogP contribution in [0.2, 0.25) is 0 Å². The lowest BCUT2D eigenvalue weighted by atomic mass is 9.80. The third-order valence-corrected chi connectivity index (χ3v) is 4.59. The van der Waals surface area contributed by atoms with Crippen LogP contribution in [0.3, 0.4) is 0 Å². The van der Waals surface area contributed by atoms with Gasteiger partial charge in [0.2, 0.25) is 0 Å². The highest BCUT2D eigenvalue weighted by Gasteiger charge is 2.25. The number of ether oxygens (including phenoxy) is 1. The summed E-state index contributed by atoms with van der Waals surface area (Å²) in [6.07, 6.45) is 8.14. The first-order valence-corrected chi connectivity index (χ1v) is 8.19. The number of hydrogen-bond donors (Lipinski definition) is 1. The Hall–Kier alpha value is -1.02. The van der Waals surface area contributed by atoms with Gasteiger partial charge in [0.1, 0.15) is 5.75 Å². The van der Waals surface area contributed by atoms with Gasteiger partial charge in [-0.05, 0) is 50.8 Å². The van der Waals surface area contributed by atoms with E-state index < -0.39 is 0 Å². The fourth-order valence-corrected chi connectivity index (χ4v) is 3.53. The summed E-state index contributed by atoms with van der Waals surface area (Å²) in [5.41, 5.74) is 8.78. The van der Waals surface area contributed by atoms with Crippen LogP contribution in [0.25, 0.3) is 0 Å². The quantitative estimate of drug-likeness (QED) is 0.808. The van der Waals surface area contributed by atoms with Gasteiger partial charge < -0.3 is 10.5 Å². The van der Waals surface area contributed by atoms with E-state index in [4.69, 9.17) is 10.5 Å². The van der Waals surface area contributed by atoms with Crippen LogP contribution >= 0.6 is 0 Å². The number of benzene rings is 1. The van der Waals surface area contributed by atoms with Crippen molar-refractivity contribution in [1.82, 2.24) is 0 Å².